The van der Waals surface area contributed by atoms with Gasteiger partial charge in [0.05, 0.1) is 10.6 Å². The van der Waals surface area contributed by atoms with E-state index in [9.17, 15) is 8.42 Å². The van der Waals surface area contributed by atoms with E-state index in [-0.39, 0.29) is 0 Å². The van der Waals surface area contributed by atoms with Crippen molar-refractivity contribution >= 4 is 10.0 Å². The van der Waals surface area contributed by atoms with Crippen LogP contribution in [0.4, 0.5) is 0 Å². The predicted octanol–water partition coefficient (Wildman–Crippen LogP) is 1.62. The van der Waals surface area contributed by atoms with Crippen LogP contribution in [0.2, 0.25) is 0 Å². The van der Waals surface area contributed by atoms with Gasteiger partial charge in [0.15, 0.2) is 0 Å². The lowest BCUT2D eigenvalue weighted by Crippen LogP contribution is -2.24. The molecule has 0 bridgehead atoms. The Morgan fingerprint density at radius 1 is 1.05 bits per heavy atom. The molecule has 5 nitrogen and oxygen atoms in total. The van der Waals surface area contributed by atoms with Gasteiger partial charge in [0.1, 0.15) is 0 Å². The topological polar surface area (TPSA) is 62.3 Å². The van der Waals surface area contributed by atoms with E-state index in [1.54, 1.807) is 18.3 Å². The normalized spacial score (nSPS) is 11.8. The van der Waals surface area contributed by atoms with Crippen LogP contribution >= 0.6 is 0 Å². The lowest BCUT2D eigenvalue weighted by Gasteiger charge is -2.15. The molecule has 1 aromatic carbocycles. The molecule has 1 N–H and O–H groups in total. The van der Waals surface area contributed by atoms with Crippen molar-refractivity contribution in [1.82, 2.24) is 14.6 Å². The molecule has 0 unspecified atom stereocenters. The first-order valence-electron chi connectivity index (χ1n) is 6.63. The number of hydrogen-bond acceptors (Lipinski definition) is 4. The zero-order chi connectivity index (χ0) is 15.3. The van der Waals surface area contributed by atoms with E-state index in [1.165, 1.54) is 18.4 Å². The Labute approximate surface area is 125 Å². The molecule has 0 saturated carbocycles. The van der Waals surface area contributed by atoms with Gasteiger partial charge in [-0.2, -0.15) is 0 Å². The van der Waals surface area contributed by atoms with Crippen molar-refractivity contribution in [1.29, 1.82) is 0 Å². The molecule has 0 amide bonds. The fourth-order valence-corrected chi connectivity index (χ4v) is 3.04. The highest BCUT2D eigenvalue weighted by Crippen LogP contribution is 2.18. The second-order valence-corrected chi connectivity index (χ2v) is 6.94. The standard InChI is InChI=1S/C15H19N3O2S/c1-18(2)21(19,20)15-9-4-3-7-13(15)11-16-12-14-8-5-6-10-17-14/h3-10,16H,11-12H2,1-2H3. The maximum atomic E-state index is 12.3. The minimum absolute atomic E-state index is 0.337. The molecule has 2 aromatic rings. The van der Waals surface area contributed by atoms with Crippen molar-refractivity contribution in [2.24, 2.45) is 0 Å². The molecule has 0 atom stereocenters. The Morgan fingerprint density at radius 3 is 2.43 bits per heavy atom. The maximum absolute atomic E-state index is 12.3. The summed E-state index contributed by atoms with van der Waals surface area (Å²) < 4.78 is 25.8. The van der Waals surface area contributed by atoms with Gasteiger partial charge in [-0.05, 0) is 23.8 Å². The van der Waals surface area contributed by atoms with Gasteiger partial charge >= 0.3 is 0 Å². The average molecular weight is 305 g/mol. The van der Waals surface area contributed by atoms with Crippen molar-refractivity contribution < 1.29 is 8.42 Å². The zero-order valence-electron chi connectivity index (χ0n) is 12.2. The molecule has 1 aromatic heterocycles. The van der Waals surface area contributed by atoms with E-state index in [4.69, 9.17) is 0 Å². The minimum atomic E-state index is -3.42. The van der Waals surface area contributed by atoms with Crippen molar-refractivity contribution in [2.45, 2.75) is 18.0 Å². The molecule has 21 heavy (non-hydrogen) atoms. The maximum Gasteiger partial charge on any atom is 0.242 e. The predicted molar refractivity (Wildman–Crippen MR) is 82.1 cm³/mol. The summed E-state index contributed by atoms with van der Waals surface area (Å²) in [7, 11) is -0.355. The number of sulfonamides is 1. The van der Waals surface area contributed by atoms with Gasteiger partial charge in [0, 0.05) is 33.4 Å². The summed E-state index contributed by atoms with van der Waals surface area (Å²) in [4.78, 5) is 4.56. The Hall–Kier alpha value is -1.76. The monoisotopic (exact) mass is 305 g/mol. The van der Waals surface area contributed by atoms with Gasteiger partial charge < -0.3 is 5.32 Å². The van der Waals surface area contributed by atoms with Gasteiger partial charge in [-0.15, -0.1) is 0 Å². The second-order valence-electron chi connectivity index (χ2n) is 4.82. The number of rotatable bonds is 6. The van der Waals surface area contributed by atoms with Crippen molar-refractivity contribution in [2.75, 3.05) is 14.1 Å². The SMILES string of the molecule is CN(C)S(=O)(=O)c1ccccc1CNCc1ccccn1. The summed E-state index contributed by atoms with van der Waals surface area (Å²) in [6, 6.07) is 12.7. The van der Waals surface area contributed by atoms with E-state index >= 15 is 0 Å². The molecule has 0 aliphatic heterocycles. The summed E-state index contributed by atoms with van der Waals surface area (Å²) in [5.74, 6) is 0. The molecule has 0 aliphatic rings. The summed E-state index contributed by atoms with van der Waals surface area (Å²) >= 11 is 0. The third-order valence-electron chi connectivity index (χ3n) is 3.08. The average Bonchev–Trinajstić information content (AvgIpc) is 2.48. The molecular formula is C15H19N3O2S. The van der Waals surface area contributed by atoms with Gasteiger partial charge in [-0.3, -0.25) is 4.98 Å². The summed E-state index contributed by atoms with van der Waals surface area (Å²) in [5.41, 5.74) is 1.67. The van der Waals surface area contributed by atoms with Gasteiger partial charge in [0.25, 0.3) is 0 Å². The van der Waals surface area contributed by atoms with Gasteiger partial charge in [-0.1, -0.05) is 24.3 Å². The number of hydrogen-bond donors (Lipinski definition) is 1. The van der Waals surface area contributed by atoms with Crippen molar-refractivity contribution in [3.8, 4) is 0 Å². The number of nitrogens with one attached hydrogen (secondary N) is 1. The van der Waals surface area contributed by atoms with Crippen molar-refractivity contribution in [3.63, 3.8) is 0 Å². The Balaban J connectivity index is 2.11. The van der Waals surface area contributed by atoms with Crippen LogP contribution < -0.4 is 5.32 Å². The zero-order valence-corrected chi connectivity index (χ0v) is 13.0. The molecule has 112 valence electrons. The lowest BCUT2D eigenvalue weighted by atomic mass is 10.2. The van der Waals surface area contributed by atoms with Crippen LogP contribution in [0.15, 0.2) is 53.6 Å². The molecule has 0 aliphatic carbocycles. The first-order chi connectivity index (χ1) is 10.0. The highest BCUT2D eigenvalue weighted by molar-refractivity contribution is 7.89. The van der Waals surface area contributed by atoms with Crippen LogP contribution in [0, 0.1) is 0 Å². The molecule has 0 fully saturated rings. The number of pyridine rings is 1. The minimum Gasteiger partial charge on any atom is -0.307 e. The van der Waals surface area contributed by atoms with Crippen LogP contribution in [0.25, 0.3) is 0 Å². The highest BCUT2D eigenvalue weighted by atomic mass is 32.2. The number of aromatic nitrogens is 1. The molecular weight excluding hydrogens is 286 g/mol. The molecule has 0 radical (unpaired) electrons. The Morgan fingerprint density at radius 2 is 1.76 bits per heavy atom. The van der Waals surface area contributed by atoms with Gasteiger partial charge in [0.2, 0.25) is 10.0 Å². The van der Waals surface area contributed by atoms with Crippen LogP contribution in [-0.2, 0) is 23.1 Å². The molecule has 1 heterocycles. The van der Waals surface area contributed by atoms with Crippen LogP contribution in [0.1, 0.15) is 11.3 Å². The van der Waals surface area contributed by atoms with E-state index < -0.39 is 10.0 Å². The van der Waals surface area contributed by atoms with Gasteiger partial charge in [-0.25, -0.2) is 12.7 Å². The molecule has 6 heteroatoms. The summed E-state index contributed by atoms with van der Waals surface area (Å²) in [5, 5.41) is 3.22. The lowest BCUT2D eigenvalue weighted by molar-refractivity contribution is 0.518. The van der Waals surface area contributed by atoms with E-state index in [1.807, 2.05) is 30.3 Å². The van der Waals surface area contributed by atoms with Crippen LogP contribution in [0.3, 0.4) is 0 Å². The first kappa shape index (κ1) is 15.6. The Bertz CT molecular complexity index is 685. The summed E-state index contributed by atoms with van der Waals surface area (Å²) in [6.07, 6.45) is 1.74. The smallest absolute Gasteiger partial charge is 0.242 e. The fourth-order valence-electron chi connectivity index (χ4n) is 1.93. The highest BCUT2D eigenvalue weighted by Gasteiger charge is 2.20. The molecule has 2 rings (SSSR count). The van der Waals surface area contributed by atoms with Crippen molar-refractivity contribution in [3.05, 3.63) is 59.9 Å². The molecule has 0 saturated heterocycles. The van der Waals surface area contributed by atoms with E-state index in [2.05, 4.69) is 10.3 Å². The van der Waals surface area contributed by atoms with Crippen LogP contribution in [-0.4, -0.2) is 31.8 Å². The van der Waals surface area contributed by atoms with Crippen LogP contribution in [0.5, 0.6) is 0 Å². The number of benzene rings is 1. The first-order valence-corrected chi connectivity index (χ1v) is 8.07. The quantitative estimate of drug-likeness (QED) is 0.881. The summed E-state index contributed by atoms with van der Waals surface area (Å²) in [6.45, 7) is 1.07. The molecule has 0 spiro atoms. The Kier molecular flexibility index (Phi) is 5.06. The number of nitrogens with zero attached hydrogens (tertiary/aromatic N) is 2. The van der Waals surface area contributed by atoms with E-state index in [0.717, 1.165) is 11.3 Å². The fraction of sp³-hybridized carbons (Fsp3) is 0.267. The largest absolute Gasteiger partial charge is 0.307 e. The third kappa shape index (κ3) is 3.87. The second kappa shape index (κ2) is 6.80. The third-order valence-corrected chi connectivity index (χ3v) is 4.99. The van der Waals surface area contributed by atoms with E-state index in [0.29, 0.717) is 18.0 Å².